The van der Waals surface area contributed by atoms with E-state index < -0.39 is 12.1 Å². The molecule has 3 rings (SSSR count). The number of esters is 1. The Morgan fingerprint density at radius 3 is 2.42 bits per heavy atom. The van der Waals surface area contributed by atoms with Crippen LogP contribution in [0.3, 0.4) is 0 Å². The van der Waals surface area contributed by atoms with Crippen LogP contribution in [0.2, 0.25) is 0 Å². The normalized spacial score (nSPS) is 15.4. The van der Waals surface area contributed by atoms with E-state index >= 15 is 0 Å². The van der Waals surface area contributed by atoms with E-state index in [-0.39, 0.29) is 5.91 Å². The smallest absolute Gasteiger partial charge is 0.339 e. The summed E-state index contributed by atoms with van der Waals surface area (Å²) >= 11 is 0. The number of aryl methyl sites for hydroxylation is 2. The third-order valence-electron chi connectivity index (χ3n) is 4.49. The van der Waals surface area contributed by atoms with Crippen molar-refractivity contribution in [2.75, 3.05) is 26.3 Å². The van der Waals surface area contributed by atoms with Crippen molar-refractivity contribution in [3.05, 3.63) is 70.8 Å². The van der Waals surface area contributed by atoms with Crippen LogP contribution in [0.25, 0.3) is 0 Å². The molecular weight excluding hydrogens is 330 g/mol. The van der Waals surface area contributed by atoms with Crippen LogP contribution in [-0.4, -0.2) is 43.1 Å². The van der Waals surface area contributed by atoms with Gasteiger partial charge in [-0.05, 0) is 25.5 Å². The highest BCUT2D eigenvalue weighted by Gasteiger charge is 2.31. The summed E-state index contributed by atoms with van der Waals surface area (Å²) in [6.07, 6.45) is -0.957. The van der Waals surface area contributed by atoms with Gasteiger partial charge < -0.3 is 14.4 Å². The third kappa shape index (κ3) is 4.11. The van der Waals surface area contributed by atoms with Gasteiger partial charge in [0.15, 0.2) is 0 Å². The highest BCUT2D eigenvalue weighted by atomic mass is 16.5. The van der Waals surface area contributed by atoms with E-state index in [9.17, 15) is 9.59 Å². The first-order chi connectivity index (χ1) is 12.6. The molecule has 0 bridgehead atoms. The number of rotatable bonds is 4. The van der Waals surface area contributed by atoms with E-state index in [2.05, 4.69) is 0 Å². The Labute approximate surface area is 153 Å². The van der Waals surface area contributed by atoms with Crippen LogP contribution in [0.5, 0.6) is 0 Å². The minimum Gasteiger partial charge on any atom is -0.444 e. The van der Waals surface area contributed by atoms with Gasteiger partial charge in [-0.2, -0.15) is 0 Å². The van der Waals surface area contributed by atoms with Crippen LogP contribution >= 0.6 is 0 Å². The number of carbonyl (C=O) groups excluding carboxylic acids is 2. The lowest BCUT2D eigenvalue weighted by Gasteiger charge is -2.30. The number of hydrogen-bond donors (Lipinski definition) is 0. The molecule has 1 fully saturated rings. The number of nitrogens with zero attached hydrogens (tertiary/aromatic N) is 1. The summed E-state index contributed by atoms with van der Waals surface area (Å²) in [5, 5.41) is 0. The van der Waals surface area contributed by atoms with Gasteiger partial charge in [-0.1, -0.05) is 48.0 Å². The van der Waals surface area contributed by atoms with Gasteiger partial charge in [0.25, 0.3) is 5.91 Å². The molecule has 1 atom stereocenters. The van der Waals surface area contributed by atoms with E-state index in [1.165, 1.54) is 0 Å². The molecule has 0 unspecified atom stereocenters. The van der Waals surface area contributed by atoms with Gasteiger partial charge in [0.05, 0.1) is 18.8 Å². The number of hydrogen-bond acceptors (Lipinski definition) is 4. The van der Waals surface area contributed by atoms with Crippen LogP contribution in [0.4, 0.5) is 0 Å². The van der Waals surface area contributed by atoms with E-state index in [0.29, 0.717) is 37.4 Å². The zero-order valence-electron chi connectivity index (χ0n) is 15.1. The van der Waals surface area contributed by atoms with Crippen molar-refractivity contribution in [3.8, 4) is 0 Å². The van der Waals surface area contributed by atoms with Gasteiger partial charge in [-0.25, -0.2) is 4.79 Å². The average molecular weight is 353 g/mol. The summed E-state index contributed by atoms with van der Waals surface area (Å²) in [6.45, 7) is 5.78. The Morgan fingerprint density at radius 1 is 1.04 bits per heavy atom. The monoisotopic (exact) mass is 353 g/mol. The Kier molecular flexibility index (Phi) is 5.68. The zero-order chi connectivity index (χ0) is 18.5. The molecular formula is C21H23NO4. The van der Waals surface area contributed by atoms with Gasteiger partial charge in [-0.3, -0.25) is 4.79 Å². The predicted octanol–water partition coefficient (Wildman–Crippen LogP) is 3.06. The molecule has 2 aromatic carbocycles. The quantitative estimate of drug-likeness (QED) is 0.793. The molecule has 0 N–H and O–H groups in total. The Morgan fingerprint density at radius 2 is 1.73 bits per heavy atom. The minimum absolute atomic E-state index is 0.210. The molecule has 1 aliphatic heterocycles. The first kappa shape index (κ1) is 18.1. The summed E-state index contributed by atoms with van der Waals surface area (Å²) in [4.78, 5) is 27.5. The highest BCUT2D eigenvalue weighted by molar-refractivity contribution is 5.94. The van der Waals surface area contributed by atoms with Crippen molar-refractivity contribution < 1.29 is 19.1 Å². The van der Waals surface area contributed by atoms with E-state index in [1.807, 2.05) is 44.2 Å². The Bertz CT molecular complexity index is 782. The third-order valence-corrected chi connectivity index (χ3v) is 4.49. The molecule has 0 aromatic heterocycles. The van der Waals surface area contributed by atoms with Crippen LogP contribution in [-0.2, 0) is 14.3 Å². The molecule has 1 amide bonds. The van der Waals surface area contributed by atoms with Crippen molar-refractivity contribution in [2.45, 2.75) is 20.0 Å². The van der Waals surface area contributed by atoms with Crippen molar-refractivity contribution in [2.24, 2.45) is 0 Å². The lowest BCUT2D eigenvalue weighted by Crippen LogP contribution is -2.44. The lowest BCUT2D eigenvalue weighted by atomic mass is 10.0. The Balaban J connectivity index is 1.87. The Hall–Kier alpha value is -2.66. The topological polar surface area (TPSA) is 55.8 Å². The second-order valence-corrected chi connectivity index (χ2v) is 6.45. The van der Waals surface area contributed by atoms with Gasteiger partial charge >= 0.3 is 5.97 Å². The molecule has 136 valence electrons. The predicted molar refractivity (Wildman–Crippen MR) is 97.9 cm³/mol. The molecule has 1 heterocycles. The van der Waals surface area contributed by atoms with E-state index in [4.69, 9.17) is 9.47 Å². The second-order valence-electron chi connectivity index (χ2n) is 6.45. The highest BCUT2D eigenvalue weighted by Crippen LogP contribution is 2.24. The van der Waals surface area contributed by atoms with Crippen LogP contribution in [0, 0.1) is 13.8 Å². The molecule has 1 saturated heterocycles. The van der Waals surface area contributed by atoms with Crippen molar-refractivity contribution in [1.29, 1.82) is 0 Å². The summed E-state index contributed by atoms with van der Waals surface area (Å²) in [5.41, 5.74) is 2.95. The minimum atomic E-state index is -0.957. The first-order valence-electron chi connectivity index (χ1n) is 8.76. The summed E-state index contributed by atoms with van der Waals surface area (Å²) in [7, 11) is 0. The van der Waals surface area contributed by atoms with Crippen molar-refractivity contribution in [1.82, 2.24) is 4.90 Å². The summed E-state index contributed by atoms with van der Waals surface area (Å²) < 4.78 is 11.0. The fraction of sp³-hybridized carbons (Fsp3) is 0.333. The zero-order valence-corrected chi connectivity index (χ0v) is 15.1. The molecule has 26 heavy (non-hydrogen) atoms. The standard InChI is InChI=1S/C21H23NO4/c1-15-8-9-16(2)18(14-15)21(24)26-19(17-6-4-3-5-7-17)20(23)22-10-12-25-13-11-22/h3-9,14,19H,10-13H2,1-2H3/t19-/m0/s1. The number of ether oxygens (including phenoxy) is 2. The second kappa shape index (κ2) is 8.15. The van der Waals surface area contributed by atoms with Gasteiger partial charge in [0.2, 0.25) is 6.10 Å². The lowest BCUT2D eigenvalue weighted by molar-refractivity contribution is -0.145. The number of carbonyl (C=O) groups is 2. The molecule has 5 heteroatoms. The van der Waals surface area contributed by atoms with Crippen molar-refractivity contribution >= 4 is 11.9 Å². The molecule has 1 aliphatic rings. The molecule has 0 aliphatic carbocycles. The van der Waals surface area contributed by atoms with Crippen LogP contribution in [0.1, 0.15) is 33.2 Å². The maximum absolute atomic E-state index is 13.0. The van der Waals surface area contributed by atoms with Gasteiger partial charge in [0, 0.05) is 18.7 Å². The molecule has 0 saturated carbocycles. The maximum Gasteiger partial charge on any atom is 0.339 e. The van der Waals surface area contributed by atoms with Crippen LogP contribution < -0.4 is 0 Å². The van der Waals surface area contributed by atoms with Gasteiger partial charge in [0.1, 0.15) is 0 Å². The number of amides is 1. The fourth-order valence-electron chi connectivity index (χ4n) is 2.96. The van der Waals surface area contributed by atoms with Gasteiger partial charge in [-0.15, -0.1) is 0 Å². The number of morpholine rings is 1. The number of benzene rings is 2. The summed E-state index contributed by atoms with van der Waals surface area (Å²) in [6, 6.07) is 14.8. The van der Waals surface area contributed by atoms with Crippen LogP contribution in [0.15, 0.2) is 48.5 Å². The van der Waals surface area contributed by atoms with Crippen molar-refractivity contribution in [3.63, 3.8) is 0 Å². The largest absolute Gasteiger partial charge is 0.444 e. The average Bonchev–Trinajstić information content (AvgIpc) is 2.68. The fourth-order valence-corrected chi connectivity index (χ4v) is 2.96. The first-order valence-corrected chi connectivity index (χ1v) is 8.76. The SMILES string of the molecule is Cc1ccc(C)c(C(=O)O[C@H](C(=O)N2CCOCC2)c2ccccc2)c1. The van der Waals surface area contributed by atoms with E-state index in [0.717, 1.165) is 11.1 Å². The molecule has 0 spiro atoms. The molecule has 2 aromatic rings. The molecule has 5 nitrogen and oxygen atoms in total. The summed E-state index contributed by atoms with van der Waals surface area (Å²) in [5.74, 6) is -0.695. The molecule has 0 radical (unpaired) electrons. The van der Waals surface area contributed by atoms with E-state index in [1.54, 1.807) is 23.1 Å². The maximum atomic E-state index is 13.0.